The molecule has 0 radical (unpaired) electrons. The maximum Gasteiger partial charge on any atom is 0.247 e. The molecule has 1 N–H and O–H groups in total. The minimum Gasteiger partial charge on any atom is -0.419 e. The first-order valence-corrected chi connectivity index (χ1v) is 9.72. The molecule has 0 bridgehead atoms. The Morgan fingerprint density at radius 2 is 1.70 bits per heavy atom. The van der Waals surface area contributed by atoms with E-state index < -0.39 is 0 Å². The van der Waals surface area contributed by atoms with Gasteiger partial charge in [0.15, 0.2) is 0 Å². The van der Waals surface area contributed by atoms with Gasteiger partial charge in [0.2, 0.25) is 11.8 Å². The number of nitrogens with one attached hydrogen (secondary N) is 1. The first kappa shape index (κ1) is 17.9. The van der Waals surface area contributed by atoms with Crippen molar-refractivity contribution in [3.8, 4) is 11.5 Å². The zero-order valence-corrected chi connectivity index (χ0v) is 16.3. The summed E-state index contributed by atoms with van der Waals surface area (Å²) < 4.78 is 5.90. The van der Waals surface area contributed by atoms with E-state index in [4.69, 9.17) is 4.42 Å². The van der Waals surface area contributed by atoms with Crippen LogP contribution in [0.2, 0.25) is 0 Å². The lowest BCUT2D eigenvalue weighted by molar-refractivity contribution is 0.420. The molecule has 1 aliphatic carbocycles. The summed E-state index contributed by atoms with van der Waals surface area (Å²) in [5.74, 6) is 1.92. The zero-order chi connectivity index (χ0) is 18.9. The van der Waals surface area contributed by atoms with E-state index in [1.165, 1.54) is 24.0 Å². The third kappa shape index (κ3) is 4.28. The minimum absolute atomic E-state index is 0.137. The van der Waals surface area contributed by atoms with Gasteiger partial charge < -0.3 is 9.73 Å². The van der Waals surface area contributed by atoms with Gasteiger partial charge in [-0.15, -0.1) is 10.2 Å². The van der Waals surface area contributed by atoms with Gasteiger partial charge in [-0.1, -0.05) is 63.2 Å². The SMILES string of the molecule is CC(C)(C)c1ccc(-c2nnc(CNC(c3ccccc3)C3CC3)o2)cc1. The molecule has 0 aliphatic heterocycles. The molecule has 4 rings (SSSR count). The van der Waals surface area contributed by atoms with Crippen LogP contribution in [0.3, 0.4) is 0 Å². The van der Waals surface area contributed by atoms with Gasteiger partial charge >= 0.3 is 0 Å². The number of benzene rings is 2. The van der Waals surface area contributed by atoms with Gasteiger partial charge in [-0.3, -0.25) is 0 Å². The monoisotopic (exact) mass is 361 g/mol. The van der Waals surface area contributed by atoms with Crippen molar-refractivity contribution in [2.75, 3.05) is 0 Å². The molecule has 4 nitrogen and oxygen atoms in total. The Labute approximate surface area is 161 Å². The van der Waals surface area contributed by atoms with Gasteiger partial charge in [-0.25, -0.2) is 0 Å². The second kappa shape index (κ2) is 7.28. The van der Waals surface area contributed by atoms with E-state index >= 15 is 0 Å². The van der Waals surface area contributed by atoms with Crippen LogP contribution in [0.15, 0.2) is 59.0 Å². The molecule has 2 aromatic carbocycles. The smallest absolute Gasteiger partial charge is 0.247 e. The highest BCUT2D eigenvalue weighted by molar-refractivity contribution is 5.53. The summed E-state index contributed by atoms with van der Waals surface area (Å²) >= 11 is 0. The van der Waals surface area contributed by atoms with Crippen molar-refractivity contribution in [1.82, 2.24) is 15.5 Å². The first-order chi connectivity index (χ1) is 13.0. The van der Waals surface area contributed by atoms with Crippen LogP contribution >= 0.6 is 0 Å². The van der Waals surface area contributed by atoms with Crippen LogP contribution in [0, 0.1) is 5.92 Å². The van der Waals surface area contributed by atoms with E-state index in [9.17, 15) is 0 Å². The highest BCUT2D eigenvalue weighted by atomic mass is 16.4. The lowest BCUT2D eigenvalue weighted by Gasteiger charge is -2.18. The number of rotatable bonds is 6. The maximum atomic E-state index is 5.90. The molecule has 0 saturated heterocycles. The van der Waals surface area contributed by atoms with E-state index in [0.717, 1.165) is 5.56 Å². The summed E-state index contributed by atoms with van der Waals surface area (Å²) in [5.41, 5.74) is 3.72. The van der Waals surface area contributed by atoms with Crippen LogP contribution in [0.5, 0.6) is 0 Å². The molecular weight excluding hydrogens is 334 g/mol. The Balaban J connectivity index is 1.43. The van der Waals surface area contributed by atoms with Gasteiger partial charge in [0.05, 0.1) is 6.54 Å². The summed E-state index contributed by atoms with van der Waals surface area (Å²) in [6.07, 6.45) is 2.56. The fraction of sp³-hybridized carbons (Fsp3) is 0.391. The zero-order valence-electron chi connectivity index (χ0n) is 16.3. The van der Waals surface area contributed by atoms with Gasteiger partial charge in [-0.05, 0) is 47.4 Å². The minimum atomic E-state index is 0.137. The quantitative estimate of drug-likeness (QED) is 0.649. The molecule has 0 spiro atoms. The Hall–Kier alpha value is -2.46. The molecule has 1 saturated carbocycles. The Morgan fingerprint density at radius 3 is 2.33 bits per heavy atom. The summed E-state index contributed by atoms with van der Waals surface area (Å²) in [5, 5.41) is 12.1. The van der Waals surface area contributed by atoms with Crippen LogP contribution in [-0.2, 0) is 12.0 Å². The second-order valence-corrected chi connectivity index (χ2v) is 8.43. The van der Waals surface area contributed by atoms with E-state index in [1.54, 1.807) is 0 Å². The van der Waals surface area contributed by atoms with Crippen LogP contribution in [-0.4, -0.2) is 10.2 Å². The molecule has 1 aliphatic rings. The third-order valence-electron chi connectivity index (χ3n) is 5.19. The van der Waals surface area contributed by atoms with E-state index in [-0.39, 0.29) is 5.41 Å². The Morgan fingerprint density at radius 1 is 1.00 bits per heavy atom. The molecule has 1 aromatic heterocycles. The van der Waals surface area contributed by atoms with Crippen molar-refractivity contribution < 1.29 is 4.42 Å². The normalized spacial score (nSPS) is 15.7. The van der Waals surface area contributed by atoms with Crippen LogP contribution in [0.25, 0.3) is 11.5 Å². The first-order valence-electron chi connectivity index (χ1n) is 9.72. The molecular formula is C23H27N3O. The van der Waals surface area contributed by atoms with Crippen LogP contribution in [0.1, 0.15) is 56.7 Å². The standard InChI is InChI=1S/C23H27N3O/c1-23(2,3)19-13-11-18(12-14-19)22-26-25-20(27-22)15-24-21(17-9-10-17)16-7-5-4-6-8-16/h4-8,11-14,17,21,24H,9-10,15H2,1-3H3. The number of hydrogen-bond donors (Lipinski definition) is 1. The summed E-state index contributed by atoms with van der Waals surface area (Å²) in [6.45, 7) is 7.22. The lowest BCUT2D eigenvalue weighted by Crippen LogP contribution is -2.22. The van der Waals surface area contributed by atoms with Crippen molar-refractivity contribution in [3.63, 3.8) is 0 Å². The summed E-state index contributed by atoms with van der Waals surface area (Å²) in [4.78, 5) is 0. The molecule has 1 heterocycles. The molecule has 1 unspecified atom stereocenters. The summed E-state index contributed by atoms with van der Waals surface area (Å²) in [6, 6.07) is 19.4. The Kier molecular flexibility index (Phi) is 4.83. The van der Waals surface area contributed by atoms with E-state index in [1.807, 2.05) is 0 Å². The van der Waals surface area contributed by atoms with Gasteiger partial charge in [0.25, 0.3) is 0 Å². The van der Waals surface area contributed by atoms with Crippen molar-refractivity contribution in [2.24, 2.45) is 5.92 Å². The van der Waals surface area contributed by atoms with E-state index in [0.29, 0.717) is 30.3 Å². The molecule has 27 heavy (non-hydrogen) atoms. The number of aromatic nitrogens is 2. The third-order valence-corrected chi connectivity index (χ3v) is 5.19. The average Bonchev–Trinajstić information content (AvgIpc) is 3.39. The number of nitrogens with zero attached hydrogens (tertiary/aromatic N) is 2. The molecule has 1 fully saturated rings. The fourth-order valence-electron chi connectivity index (χ4n) is 3.40. The molecule has 3 aromatic rings. The molecule has 140 valence electrons. The van der Waals surface area contributed by atoms with Gasteiger partial charge in [-0.2, -0.15) is 0 Å². The predicted octanol–water partition coefficient (Wildman–Crippen LogP) is 5.28. The topological polar surface area (TPSA) is 51.0 Å². The average molecular weight is 361 g/mol. The highest BCUT2D eigenvalue weighted by Crippen LogP contribution is 2.41. The maximum absolute atomic E-state index is 5.90. The van der Waals surface area contributed by atoms with Crippen molar-refractivity contribution in [1.29, 1.82) is 0 Å². The van der Waals surface area contributed by atoms with Crippen LogP contribution < -0.4 is 5.32 Å². The number of hydrogen-bond acceptors (Lipinski definition) is 4. The van der Waals surface area contributed by atoms with Crippen molar-refractivity contribution in [2.45, 2.75) is 51.6 Å². The fourth-order valence-corrected chi connectivity index (χ4v) is 3.40. The second-order valence-electron chi connectivity index (χ2n) is 8.43. The predicted molar refractivity (Wildman–Crippen MR) is 107 cm³/mol. The van der Waals surface area contributed by atoms with Crippen molar-refractivity contribution in [3.05, 3.63) is 71.6 Å². The Bertz CT molecular complexity index is 874. The van der Waals surface area contributed by atoms with Crippen LogP contribution in [0.4, 0.5) is 0 Å². The highest BCUT2D eigenvalue weighted by Gasteiger charge is 2.32. The lowest BCUT2D eigenvalue weighted by atomic mass is 9.87. The molecule has 1 atom stereocenters. The van der Waals surface area contributed by atoms with Crippen molar-refractivity contribution >= 4 is 0 Å². The van der Waals surface area contributed by atoms with E-state index in [2.05, 4.69) is 90.9 Å². The summed E-state index contributed by atoms with van der Waals surface area (Å²) in [7, 11) is 0. The van der Waals surface area contributed by atoms with Gasteiger partial charge in [0.1, 0.15) is 0 Å². The largest absolute Gasteiger partial charge is 0.419 e. The van der Waals surface area contributed by atoms with Gasteiger partial charge in [0, 0.05) is 11.6 Å². The molecule has 4 heteroatoms. The molecule has 0 amide bonds.